The number of fused-ring (bicyclic) bond motifs is 1. The Hall–Kier alpha value is -3.05. The van der Waals surface area contributed by atoms with Gasteiger partial charge in [0.05, 0.1) is 17.4 Å². The van der Waals surface area contributed by atoms with Crippen LogP contribution in [0, 0.1) is 13.8 Å². The van der Waals surface area contributed by atoms with Gasteiger partial charge < -0.3 is 10.2 Å². The van der Waals surface area contributed by atoms with Crippen molar-refractivity contribution >= 4 is 40.3 Å². The van der Waals surface area contributed by atoms with E-state index in [1.807, 2.05) is 12.1 Å². The van der Waals surface area contributed by atoms with Crippen LogP contribution < -0.4 is 5.32 Å². The number of rotatable bonds is 3. The van der Waals surface area contributed by atoms with E-state index in [-0.39, 0.29) is 6.04 Å². The Kier molecular flexibility index (Phi) is 5.89. The summed E-state index contributed by atoms with van der Waals surface area (Å²) in [6.07, 6.45) is 2.28. The summed E-state index contributed by atoms with van der Waals surface area (Å²) in [5, 5.41) is 7.64. The molecule has 174 valence electrons. The van der Waals surface area contributed by atoms with Crippen molar-refractivity contribution < 1.29 is 0 Å². The molecule has 1 unspecified atom stereocenters. The first-order valence-corrected chi connectivity index (χ1v) is 13.1. The van der Waals surface area contributed by atoms with Gasteiger partial charge in [-0.1, -0.05) is 95.2 Å². The number of hydrogen-bond donors (Lipinski definition) is 1. The average molecular weight is 496 g/mol. The summed E-state index contributed by atoms with van der Waals surface area (Å²) in [4.78, 5) is 7.64. The van der Waals surface area contributed by atoms with E-state index in [4.69, 9.17) is 16.6 Å². The molecule has 3 nitrogen and oxygen atoms in total. The van der Waals surface area contributed by atoms with Crippen LogP contribution in [0.5, 0.6) is 0 Å². The van der Waals surface area contributed by atoms with Gasteiger partial charge in [-0.2, -0.15) is 0 Å². The highest BCUT2D eigenvalue weighted by molar-refractivity contribution is 8.16. The maximum Gasteiger partial charge on any atom is 0.174 e. The highest BCUT2D eigenvalue weighted by atomic mass is 35.5. The number of benzene rings is 3. The molecule has 0 bridgehead atoms. The van der Waals surface area contributed by atoms with E-state index >= 15 is 0 Å². The van der Waals surface area contributed by atoms with Crippen LogP contribution >= 0.6 is 23.4 Å². The lowest BCUT2D eigenvalue weighted by atomic mass is 9.88. The van der Waals surface area contributed by atoms with E-state index in [9.17, 15) is 0 Å². The number of hydrogen-bond acceptors (Lipinski definition) is 4. The fourth-order valence-electron chi connectivity index (χ4n) is 4.89. The predicted molar refractivity (Wildman–Crippen MR) is 149 cm³/mol. The maximum atomic E-state index is 6.19. The van der Waals surface area contributed by atoms with Crippen LogP contribution in [0.4, 0.5) is 0 Å². The maximum absolute atomic E-state index is 6.19. The number of halogens is 1. The number of aliphatic imine (C=N–C) groups is 1. The molecule has 0 saturated carbocycles. The van der Waals surface area contributed by atoms with Crippen molar-refractivity contribution in [2.45, 2.75) is 19.9 Å². The minimum atomic E-state index is 0.0734. The second-order valence-electron chi connectivity index (χ2n) is 9.26. The number of amidine groups is 1. The number of aryl methyl sites for hydroxylation is 2. The minimum Gasteiger partial charge on any atom is -0.309 e. The molecular weight excluding hydrogens is 470 g/mol. The Labute approximate surface area is 215 Å². The second kappa shape index (κ2) is 9.19. The Bertz CT molecular complexity index is 1400. The number of nitrogens with one attached hydrogen (secondary N) is 1. The average Bonchev–Trinajstić information content (AvgIpc) is 3.29. The van der Waals surface area contributed by atoms with Crippen molar-refractivity contribution in [3.63, 3.8) is 0 Å². The molecule has 35 heavy (non-hydrogen) atoms. The summed E-state index contributed by atoms with van der Waals surface area (Å²) in [5.74, 6) is 0. The zero-order valence-corrected chi connectivity index (χ0v) is 21.3. The summed E-state index contributed by atoms with van der Waals surface area (Å²) >= 11 is 7.89. The van der Waals surface area contributed by atoms with Gasteiger partial charge >= 0.3 is 0 Å². The predicted octanol–water partition coefficient (Wildman–Crippen LogP) is 7.36. The standard InChI is InChI=1S/C30H26ClN3S/c1-19-3-7-21(8-4-19)15-24-16-32-17-26-28(24)33-30-34(29(26)23-9-5-20(2)6-10-23)27(18-35-30)22-11-13-25(31)14-12-22/h3-15,18,29,32H,16-17H2,1-2H3/b24-15+. The SMILES string of the molecule is Cc1ccc(/C=C2\CNCC3=C2N=C2SC=C(c4ccc(Cl)cc4)N2C3c2ccc(C)cc2)cc1. The van der Waals surface area contributed by atoms with E-state index in [1.54, 1.807) is 11.8 Å². The Morgan fingerprint density at radius 1 is 0.914 bits per heavy atom. The van der Waals surface area contributed by atoms with Gasteiger partial charge in [0.15, 0.2) is 5.17 Å². The summed E-state index contributed by atoms with van der Waals surface area (Å²) in [6.45, 7) is 5.88. The van der Waals surface area contributed by atoms with Crippen molar-refractivity contribution in [1.29, 1.82) is 0 Å². The molecule has 3 aliphatic rings. The van der Waals surface area contributed by atoms with Gasteiger partial charge in [-0.05, 0) is 59.9 Å². The third kappa shape index (κ3) is 4.27. The van der Waals surface area contributed by atoms with Gasteiger partial charge in [0, 0.05) is 23.5 Å². The number of nitrogens with zero attached hydrogens (tertiary/aromatic N) is 2. The molecule has 3 aliphatic heterocycles. The van der Waals surface area contributed by atoms with Gasteiger partial charge in [-0.15, -0.1) is 0 Å². The number of thioether (sulfide) groups is 1. The Balaban J connectivity index is 1.48. The molecule has 0 spiro atoms. The molecule has 3 aromatic carbocycles. The van der Waals surface area contributed by atoms with Crippen LogP contribution in [0.2, 0.25) is 5.02 Å². The molecule has 1 N–H and O–H groups in total. The zero-order valence-electron chi connectivity index (χ0n) is 19.8. The molecule has 5 heteroatoms. The van der Waals surface area contributed by atoms with Gasteiger partial charge in [0.1, 0.15) is 0 Å². The van der Waals surface area contributed by atoms with Crippen LogP contribution in [0.1, 0.15) is 33.9 Å². The van der Waals surface area contributed by atoms with Gasteiger partial charge in [-0.25, -0.2) is 4.99 Å². The van der Waals surface area contributed by atoms with E-state index in [0.717, 1.165) is 40.2 Å². The fourth-order valence-corrected chi connectivity index (χ4v) is 5.95. The van der Waals surface area contributed by atoms with E-state index in [1.165, 1.54) is 33.4 Å². The third-order valence-corrected chi connectivity index (χ3v) is 7.82. The first-order valence-electron chi connectivity index (χ1n) is 11.9. The van der Waals surface area contributed by atoms with Crippen LogP contribution in [-0.2, 0) is 0 Å². The fraction of sp³-hybridized carbons (Fsp3) is 0.167. The van der Waals surface area contributed by atoms with Crippen molar-refractivity contribution in [2.24, 2.45) is 4.99 Å². The topological polar surface area (TPSA) is 27.6 Å². The molecular formula is C30H26ClN3S. The summed E-state index contributed by atoms with van der Waals surface area (Å²) in [7, 11) is 0. The summed E-state index contributed by atoms with van der Waals surface area (Å²) < 4.78 is 0. The minimum absolute atomic E-state index is 0.0734. The highest BCUT2D eigenvalue weighted by Gasteiger charge is 2.40. The molecule has 0 fully saturated rings. The molecule has 0 amide bonds. The van der Waals surface area contributed by atoms with Crippen molar-refractivity contribution in [2.75, 3.05) is 13.1 Å². The van der Waals surface area contributed by atoms with Crippen LogP contribution in [0.15, 0.2) is 100 Å². The molecule has 0 aliphatic carbocycles. The molecule has 0 saturated heterocycles. The summed E-state index contributed by atoms with van der Waals surface area (Å²) in [5.41, 5.74) is 11.0. The van der Waals surface area contributed by atoms with Crippen molar-refractivity contribution in [3.8, 4) is 0 Å². The van der Waals surface area contributed by atoms with Crippen LogP contribution in [0.3, 0.4) is 0 Å². The zero-order chi connectivity index (χ0) is 23.9. The molecule has 3 aromatic rings. The van der Waals surface area contributed by atoms with Crippen LogP contribution in [0.25, 0.3) is 11.8 Å². The quantitative estimate of drug-likeness (QED) is 0.411. The van der Waals surface area contributed by atoms with Crippen molar-refractivity contribution in [3.05, 3.63) is 128 Å². The van der Waals surface area contributed by atoms with E-state index < -0.39 is 0 Å². The molecule has 1 atom stereocenters. The van der Waals surface area contributed by atoms with Gasteiger partial charge in [0.2, 0.25) is 0 Å². The molecule has 0 radical (unpaired) electrons. The van der Waals surface area contributed by atoms with Gasteiger partial charge in [-0.3, -0.25) is 0 Å². The lowest BCUT2D eigenvalue weighted by Crippen LogP contribution is -2.40. The lowest BCUT2D eigenvalue weighted by molar-refractivity contribution is 0.462. The lowest BCUT2D eigenvalue weighted by Gasteiger charge is -2.40. The first kappa shape index (κ1) is 22.4. The highest BCUT2D eigenvalue weighted by Crippen LogP contribution is 2.48. The van der Waals surface area contributed by atoms with Crippen molar-refractivity contribution in [1.82, 2.24) is 10.2 Å². The van der Waals surface area contributed by atoms with E-state index in [2.05, 4.69) is 96.2 Å². The smallest absolute Gasteiger partial charge is 0.174 e. The second-order valence-corrected chi connectivity index (χ2v) is 10.5. The Morgan fingerprint density at radius 3 is 2.31 bits per heavy atom. The molecule has 6 rings (SSSR count). The van der Waals surface area contributed by atoms with Gasteiger partial charge in [0.25, 0.3) is 0 Å². The normalized spacial score (nSPS) is 20.5. The Morgan fingerprint density at radius 2 is 1.60 bits per heavy atom. The first-order chi connectivity index (χ1) is 17.1. The molecule has 3 heterocycles. The van der Waals surface area contributed by atoms with E-state index in [0.29, 0.717) is 0 Å². The largest absolute Gasteiger partial charge is 0.309 e. The monoisotopic (exact) mass is 495 g/mol. The third-order valence-electron chi connectivity index (χ3n) is 6.73. The summed E-state index contributed by atoms with van der Waals surface area (Å²) in [6, 6.07) is 25.8. The molecule has 0 aromatic heterocycles. The van der Waals surface area contributed by atoms with Crippen LogP contribution in [-0.4, -0.2) is 23.2 Å².